The second kappa shape index (κ2) is 8.20. The number of nitrogens with zero attached hydrogens (tertiary/aromatic N) is 2. The molecule has 2 saturated heterocycles. The number of likely N-dealkylation sites (tertiary alicyclic amines) is 1. The highest BCUT2D eigenvalue weighted by atomic mass is 16.5. The SMILES string of the molecule is O=C(c1c(O)cccc1O)N1CCO[C@@H](CN2CCCC2)[C@@H]1c1ccccc1. The Hall–Kier alpha value is -2.57. The van der Waals surface area contributed by atoms with Gasteiger partial charge in [0.2, 0.25) is 0 Å². The maximum absolute atomic E-state index is 13.3. The van der Waals surface area contributed by atoms with Gasteiger partial charge in [-0.15, -0.1) is 0 Å². The van der Waals surface area contributed by atoms with Gasteiger partial charge in [-0.2, -0.15) is 0 Å². The molecule has 0 unspecified atom stereocenters. The molecule has 4 rings (SSSR count). The lowest BCUT2D eigenvalue weighted by atomic mass is 9.96. The number of benzene rings is 2. The number of hydrogen-bond donors (Lipinski definition) is 2. The van der Waals surface area contributed by atoms with Gasteiger partial charge in [0.1, 0.15) is 17.1 Å². The first kappa shape index (κ1) is 18.8. The zero-order valence-corrected chi connectivity index (χ0v) is 15.8. The van der Waals surface area contributed by atoms with Crippen LogP contribution in [0.25, 0.3) is 0 Å². The Labute approximate surface area is 165 Å². The standard InChI is InChI=1S/C22H26N2O4/c25-17-9-6-10-18(26)20(17)22(27)24-13-14-28-19(15-23-11-4-5-12-23)21(24)16-7-2-1-3-8-16/h1-3,6-10,19,21,25-26H,4-5,11-15H2/t19-,21-/m0/s1. The number of carbonyl (C=O) groups excluding carboxylic acids is 1. The lowest BCUT2D eigenvalue weighted by Crippen LogP contribution is -2.51. The summed E-state index contributed by atoms with van der Waals surface area (Å²) in [7, 11) is 0. The fourth-order valence-corrected chi connectivity index (χ4v) is 4.27. The fourth-order valence-electron chi connectivity index (χ4n) is 4.27. The van der Waals surface area contributed by atoms with E-state index in [0.717, 1.165) is 25.2 Å². The molecule has 2 aromatic rings. The molecule has 2 atom stereocenters. The summed E-state index contributed by atoms with van der Waals surface area (Å²) in [5.41, 5.74) is 0.944. The summed E-state index contributed by atoms with van der Waals surface area (Å²) in [5.74, 6) is -0.794. The van der Waals surface area contributed by atoms with E-state index in [4.69, 9.17) is 4.74 Å². The van der Waals surface area contributed by atoms with Crippen LogP contribution in [0.3, 0.4) is 0 Å². The number of amides is 1. The van der Waals surface area contributed by atoms with E-state index in [1.807, 2.05) is 30.3 Å². The van der Waals surface area contributed by atoms with Gasteiger partial charge in [-0.05, 0) is 43.6 Å². The van der Waals surface area contributed by atoms with Crippen LogP contribution in [0, 0.1) is 0 Å². The van der Waals surface area contributed by atoms with Crippen molar-refractivity contribution in [3.8, 4) is 11.5 Å². The first-order chi connectivity index (χ1) is 13.6. The molecule has 2 aliphatic heterocycles. The zero-order chi connectivity index (χ0) is 19.5. The molecule has 0 bridgehead atoms. The average Bonchev–Trinajstić information content (AvgIpc) is 3.21. The van der Waals surface area contributed by atoms with Gasteiger partial charge in [0.05, 0.1) is 18.8 Å². The minimum atomic E-state index is -0.376. The number of morpholine rings is 1. The third-order valence-electron chi connectivity index (χ3n) is 5.63. The lowest BCUT2D eigenvalue weighted by Gasteiger charge is -2.43. The maximum atomic E-state index is 13.3. The molecule has 2 aromatic carbocycles. The molecular weight excluding hydrogens is 356 g/mol. The van der Waals surface area contributed by atoms with Gasteiger partial charge < -0.3 is 24.7 Å². The van der Waals surface area contributed by atoms with Crippen LogP contribution < -0.4 is 0 Å². The highest BCUT2D eigenvalue weighted by molar-refractivity contribution is 5.99. The van der Waals surface area contributed by atoms with Gasteiger partial charge in [0.15, 0.2) is 0 Å². The van der Waals surface area contributed by atoms with Crippen molar-refractivity contribution >= 4 is 5.91 Å². The van der Waals surface area contributed by atoms with Gasteiger partial charge in [-0.25, -0.2) is 0 Å². The van der Waals surface area contributed by atoms with Crippen molar-refractivity contribution < 1.29 is 19.7 Å². The number of phenols is 2. The van der Waals surface area contributed by atoms with E-state index in [9.17, 15) is 15.0 Å². The number of phenolic OH excluding ortho intramolecular Hbond substituents is 2. The predicted octanol–water partition coefficient (Wildman–Crippen LogP) is 2.78. The van der Waals surface area contributed by atoms with Crippen LogP contribution >= 0.6 is 0 Å². The Morgan fingerprint density at radius 3 is 2.32 bits per heavy atom. The third-order valence-corrected chi connectivity index (χ3v) is 5.63. The van der Waals surface area contributed by atoms with Crippen LogP contribution in [0.4, 0.5) is 0 Å². The molecule has 2 fully saturated rings. The number of ether oxygens (including phenoxy) is 1. The molecule has 148 valence electrons. The molecule has 28 heavy (non-hydrogen) atoms. The number of hydrogen-bond acceptors (Lipinski definition) is 5. The van der Waals surface area contributed by atoms with E-state index in [-0.39, 0.29) is 35.1 Å². The van der Waals surface area contributed by atoms with Crippen LogP contribution in [0.15, 0.2) is 48.5 Å². The number of rotatable bonds is 4. The molecule has 0 aliphatic carbocycles. The van der Waals surface area contributed by atoms with Crippen molar-refractivity contribution in [1.29, 1.82) is 0 Å². The molecule has 2 N–H and O–H groups in total. The monoisotopic (exact) mass is 382 g/mol. The second-order valence-electron chi connectivity index (χ2n) is 7.44. The Kier molecular flexibility index (Phi) is 5.50. The van der Waals surface area contributed by atoms with Crippen LogP contribution in [0.5, 0.6) is 11.5 Å². The van der Waals surface area contributed by atoms with Crippen LogP contribution in [0.2, 0.25) is 0 Å². The topological polar surface area (TPSA) is 73.2 Å². The van der Waals surface area contributed by atoms with Crippen LogP contribution in [-0.4, -0.2) is 64.8 Å². The molecule has 0 spiro atoms. The molecular formula is C22H26N2O4. The molecule has 6 nitrogen and oxygen atoms in total. The Morgan fingerprint density at radius 1 is 0.964 bits per heavy atom. The Balaban J connectivity index is 1.68. The van der Waals surface area contributed by atoms with Gasteiger partial charge in [0, 0.05) is 13.1 Å². The van der Waals surface area contributed by atoms with Crippen molar-refractivity contribution in [3.63, 3.8) is 0 Å². The van der Waals surface area contributed by atoms with E-state index in [1.165, 1.54) is 31.0 Å². The second-order valence-corrected chi connectivity index (χ2v) is 7.44. The van der Waals surface area contributed by atoms with E-state index in [1.54, 1.807) is 4.90 Å². The summed E-state index contributed by atoms with van der Waals surface area (Å²) in [4.78, 5) is 17.5. The quantitative estimate of drug-likeness (QED) is 0.851. The minimum Gasteiger partial charge on any atom is -0.507 e. The Morgan fingerprint density at radius 2 is 1.64 bits per heavy atom. The van der Waals surface area contributed by atoms with E-state index in [2.05, 4.69) is 4.90 Å². The Bertz CT molecular complexity index is 800. The molecule has 6 heteroatoms. The molecule has 2 heterocycles. The molecule has 2 aliphatic rings. The van der Waals surface area contributed by atoms with E-state index in [0.29, 0.717) is 13.2 Å². The van der Waals surface area contributed by atoms with Crippen molar-refractivity contribution in [2.45, 2.75) is 25.0 Å². The summed E-state index contributed by atoms with van der Waals surface area (Å²) in [5, 5.41) is 20.4. The summed E-state index contributed by atoms with van der Waals surface area (Å²) in [6.07, 6.45) is 2.22. The fraction of sp³-hybridized carbons (Fsp3) is 0.409. The van der Waals surface area contributed by atoms with Gasteiger partial charge in [-0.3, -0.25) is 4.79 Å². The van der Waals surface area contributed by atoms with E-state index < -0.39 is 0 Å². The maximum Gasteiger partial charge on any atom is 0.262 e. The minimum absolute atomic E-state index is 0.0507. The molecule has 1 amide bonds. The lowest BCUT2D eigenvalue weighted by molar-refractivity contribution is -0.0708. The first-order valence-electron chi connectivity index (χ1n) is 9.86. The van der Waals surface area contributed by atoms with E-state index >= 15 is 0 Å². The highest BCUT2D eigenvalue weighted by Gasteiger charge is 2.39. The predicted molar refractivity (Wildman–Crippen MR) is 105 cm³/mol. The molecule has 0 radical (unpaired) electrons. The van der Waals surface area contributed by atoms with Crippen molar-refractivity contribution in [2.24, 2.45) is 0 Å². The summed E-state index contributed by atoms with van der Waals surface area (Å²) in [6.45, 7) is 3.70. The zero-order valence-electron chi connectivity index (χ0n) is 15.8. The smallest absolute Gasteiger partial charge is 0.262 e. The van der Waals surface area contributed by atoms with Crippen molar-refractivity contribution in [2.75, 3.05) is 32.8 Å². The van der Waals surface area contributed by atoms with Crippen LogP contribution in [0.1, 0.15) is 34.8 Å². The van der Waals surface area contributed by atoms with Gasteiger partial charge in [-0.1, -0.05) is 36.4 Å². The van der Waals surface area contributed by atoms with Crippen molar-refractivity contribution in [3.05, 3.63) is 59.7 Å². The average molecular weight is 382 g/mol. The highest BCUT2D eigenvalue weighted by Crippen LogP contribution is 2.35. The molecule has 0 saturated carbocycles. The summed E-state index contributed by atoms with van der Waals surface area (Å²) in [6, 6.07) is 14.0. The van der Waals surface area contributed by atoms with Gasteiger partial charge >= 0.3 is 0 Å². The first-order valence-corrected chi connectivity index (χ1v) is 9.86. The summed E-state index contributed by atoms with van der Waals surface area (Å²) >= 11 is 0. The number of aromatic hydroxyl groups is 2. The third kappa shape index (κ3) is 3.70. The van der Waals surface area contributed by atoms with Crippen LogP contribution in [-0.2, 0) is 4.74 Å². The number of carbonyl (C=O) groups is 1. The molecule has 0 aromatic heterocycles. The van der Waals surface area contributed by atoms with Gasteiger partial charge in [0.25, 0.3) is 5.91 Å². The normalized spacial score (nSPS) is 23.1. The summed E-state index contributed by atoms with van der Waals surface area (Å²) < 4.78 is 6.12. The van der Waals surface area contributed by atoms with Crippen molar-refractivity contribution in [1.82, 2.24) is 9.80 Å². The largest absolute Gasteiger partial charge is 0.507 e.